The fourth-order valence-corrected chi connectivity index (χ4v) is 3.82. The third kappa shape index (κ3) is 12.4. The number of morpholine rings is 1. The zero-order chi connectivity index (χ0) is 29.1. The molecule has 2 aliphatic rings. The summed E-state index contributed by atoms with van der Waals surface area (Å²) in [6, 6.07) is 7.33. The number of aliphatic carboxylic acids is 2. The van der Waals surface area contributed by atoms with E-state index in [0.717, 1.165) is 52.3 Å². The molecule has 38 heavy (non-hydrogen) atoms. The lowest BCUT2D eigenvalue weighted by atomic mass is 10.0. The first-order valence-corrected chi connectivity index (χ1v) is 11.4. The third-order valence-electron chi connectivity index (χ3n) is 5.63. The van der Waals surface area contributed by atoms with Gasteiger partial charge in [0, 0.05) is 31.6 Å². The molecule has 1 saturated carbocycles. The first-order chi connectivity index (χ1) is 17.5. The maximum atomic E-state index is 13.1. The summed E-state index contributed by atoms with van der Waals surface area (Å²) in [5, 5.41) is 14.2. The lowest BCUT2D eigenvalue weighted by molar-refractivity contribution is -0.193. The zero-order valence-corrected chi connectivity index (χ0v) is 20.8. The monoisotopic (exact) mass is 564 g/mol. The number of carbonyl (C=O) groups is 2. The molecule has 3 unspecified atom stereocenters. The second kappa shape index (κ2) is 15.2. The summed E-state index contributed by atoms with van der Waals surface area (Å²) in [6.07, 6.45) is -7.57. The van der Waals surface area contributed by atoms with E-state index >= 15 is 0 Å². The number of fused-ring (bicyclic) bond motifs is 1. The number of carboxylic acid groups (broad SMARTS) is 2. The Labute approximate surface area is 214 Å². The van der Waals surface area contributed by atoms with Crippen LogP contribution in [-0.2, 0) is 25.6 Å². The van der Waals surface area contributed by atoms with Gasteiger partial charge in [0.1, 0.15) is 5.82 Å². The van der Waals surface area contributed by atoms with Gasteiger partial charge in [-0.2, -0.15) is 26.3 Å². The summed E-state index contributed by atoms with van der Waals surface area (Å²) in [4.78, 5) is 22.4. The maximum absolute atomic E-state index is 13.1. The van der Waals surface area contributed by atoms with Gasteiger partial charge in [-0.15, -0.1) is 0 Å². The van der Waals surface area contributed by atoms with Crippen LogP contribution in [0.25, 0.3) is 0 Å². The maximum Gasteiger partial charge on any atom is 0.490 e. The minimum Gasteiger partial charge on any atom is -0.475 e. The van der Waals surface area contributed by atoms with Crippen molar-refractivity contribution in [1.82, 2.24) is 9.80 Å². The number of hydrogen-bond acceptors (Lipinski definition) is 6. The molecule has 3 rings (SSSR count). The van der Waals surface area contributed by atoms with Crippen LogP contribution in [0.1, 0.15) is 18.4 Å². The zero-order valence-electron chi connectivity index (χ0n) is 20.8. The van der Waals surface area contributed by atoms with E-state index in [4.69, 9.17) is 29.3 Å². The standard InChI is InChI=1S/C19H29FN2O2.2C2HF3O2/c1-21(2)9-11-23-14-16-5-8-18-19(16)24-12-10-22(18)13-15-3-6-17(20)7-4-15;2*3-2(4,5)1(6)7/h3-4,6-7,16,18-19H,5,8-14H2,1-2H3;2*(H,6,7). The first kappa shape index (κ1) is 33.5. The molecule has 1 heterocycles. The summed E-state index contributed by atoms with van der Waals surface area (Å²) >= 11 is 0. The van der Waals surface area contributed by atoms with E-state index in [1.165, 1.54) is 5.56 Å². The van der Waals surface area contributed by atoms with Crippen LogP contribution < -0.4 is 0 Å². The van der Waals surface area contributed by atoms with Gasteiger partial charge in [0.25, 0.3) is 0 Å². The Balaban J connectivity index is 0.000000426. The van der Waals surface area contributed by atoms with Gasteiger partial charge >= 0.3 is 24.3 Å². The number of halogens is 7. The number of ether oxygens (including phenoxy) is 2. The summed E-state index contributed by atoms with van der Waals surface area (Å²) in [5.74, 6) is -5.19. The fraction of sp³-hybridized carbons (Fsp3) is 0.652. The van der Waals surface area contributed by atoms with E-state index in [9.17, 15) is 30.7 Å². The van der Waals surface area contributed by atoms with Crippen molar-refractivity contribution in [3.05, 3.63) is 35.6 Å². The van der Waals surface area contributed by atoms with Gasteiger partial charge in [-0.05, 0) is 44.6 Å². The van der Waals surface area contributed by atoms with Crippen LogP contribution in [0.4, 0.5) is 30.7 Å². The minimum atomic E-state index is -5.08. The lowest BCUT2D eigenvalue weighted by Crippen LogP contribution is -2.50. The Morgan fingerprint density at radius 1 is 1.03 bits per heavy atom. The van der Waals surface area contributed by atoms with Crippen molar-refractivity contribution >= 4 is 11.9 Å². The molecule has 0 aromatic heterocycles. The van der Waals surface area contributed by atoms with Crippen molar-refractivity contribution in [3.8, 4) is 0 Å². The van der Waals surface area contributed by atoms with Crippen molar-refractivity contribution in [1.29, 1.82) is 0 Å². The predicted molar refractivity (Wildman–Crippen MR) is 120 cm³/mol. The molecule has 15 heteroatoms. The van der Waals surface area contributed by atoms with Crippen LogP contribution in [0.5, 0.6) is 0 Å². The Bertz CT molecular complexity index is 841. The number of rotatable bonds is 7. The van der Waals surface area contributed by atoms with Crippen LogP contribution >= 0.6 is 0 Å². The molecule has 1 aliphatic carbocycles. The molecule has 0 radical (unpaired) electrons. The number of carboxylic acids is 2. The highest BCUT2D eigenvalue weighted by Crippen LogP contribution is 2.35. The van der Waals surface area contributed by atoms with Crippen LogP contribution in [0, 0.1) is 11.7 Å². The van der Waals surface area contributed by atoms with Crippen molar-refractivity contribution in [2.45, 2.75) is 43.9 Å². The summed E-state index contributed by atoms with van der Waals surface area (Å²) in [5.41, 5.74) is 1.17. The molecular weight excluding hydrogens is 533 g/mol. The molecular formula is C23H31F7N2O6. The van der Waals surface area contributed by atoms with E-state index in [0.29, 0.717) is 12.0 Å². The fourth-order valence-electron chi connectivity index (χ4n) is 3.82. The summed E-state index contributed by atoms with van der Waals surface area (Å²) < 4.78 is 88.5. The van der Waals surface area contributed by atoms with Crippen LogP contribution in [0.15, 0.2) is 24.3 Å². The van der Waals surface area contributed by atoms with Crippen molar-refractivity contribution in [2.75, 3.05) is 47.0 Å². The largest absolute Gasteiger partial charge is 0.490 e. The number of alkyl halides is 6. The molecule has 2 N–H and O–H groups in total. The van der Waals surface area contributed by atoms with Gasteiger partial charge in [-0.25, -0.2) is 14.0 Å². The van der Waals surface area contributed by atoms with E-state index in [2.05, 4.69) is 23.9 Å². The summed E-state index contributed by atoms with van der Waals surface area (Å²) in [6.45, 7) is 5.13. The average molecular weight is 564 g/mol. The smallest absolute Gasteiger partial charge is 0.475 e. The van der Waals surface area contributed by atoms with E-state index < -0.39 is 24.3 Å². The topological polar surface area (TPSA) is 99.5 Å². The average Bonchev–Trinajstić information content (AvgIpc) is 3.22. The minimum absolute atomic E-state index is 0.172. The third-order valence-corrected chi connectivity index (χ3v) is 5.63. The molecule has 0 bridgehead atoms. The van der Waals surface area contributed by atoms with E-state index in [1.807, 2.05) is 12.1 Å². The molecule has 2 fully saturated rings. The molecule has 1 saturated heterocycles. The number of nitrogens with zero attached hydrogens (tertiary/aromatic N) is 2. The molecule has 0 amide bonds. The Morgan fingerprint density at radius 2 is 1.55 bits per heavy atom. The van der Waals surface area contributed by atoms with Crippen LogP contribution in [-0.4, -0.2) is 103 Å². The first-order valence-electron chi connectivity index (χ1n) is 11.4. The molecule has 218 valence electrons. The molecule has 1 aromatic carbocycles. The van der Waals surface area contributed by atoms with Crippen LogP contribution in [0.3, 0.4) is 0 Å². The molecule has 3 atom stereocenters. The number of likely N-dealkylation sites (N-methyl/N-ethyl adjacent to an activating group) is 1. The van der Waals surface area contributed by atoms with Crippen molar-refractivity contribution < 1.29 is 60.0 Å². The molecule has 8 nitrogen and oxygen atoms in total. The van der Waals surface area contributed by atoms with Gasteiger partial charge in [-0.3, -0.25) is 4.90 Å². The highest BCUT2D eigenvalue weighted by Gasteiger charge is 2.42. The predicted octanol–water partition coefficient (Wildman–Crippen LogP) is 3.65. The van der Waals surface area contributed by atoms with Crippen LogP contribution in [0.2, 0.25) is 0 Å². The quantitative estimate of drug-likeness (QED) is 0.383. The second-order valence-electron chi connectivity index (χ2n) is 8.82. The van der Waals surface area contributed by atoms with Gasteiger partial charge in [0.2, 0.25) is 0 Å². The van der Waals surface area contributed by atoms with E-state index in [-0.39, 0.29) is 11.9 Å². The molecule has 1 aliphatic heterocycles. The highest BCUT2D eigenvalue weighted by atomic mass is 19.4. The SMILES string of the molecule is CN(C)CCOCC1CCC2C1OCCN2Cc1ccc(F)cc1.O=C(O)C(F)(F)F.O=C(O)C(F)(F)F. The van der Waals surface area contributed by atoms with Gasteiger partial charge in [0.05, 0.1) is 25.9 Å². The Hall–Kier alpha value is -2.49. The Morgan fingerprint density at radius 3 is 2.03 bits per heavy atom. The van der Waals surface area contributed by atoms with Gasteiger partial charge < -0.3 is 24.6 Å². The lowest BCUT2D eigenvalue weighted by Gasteiger charge is -2.39. The van der Waals surface area contributed by atoms with Gasteiger partial charge in [0.15, 0.2) is 0 Å². The highest BCUT2D eigenvalue weighted by molar-refractivity contribution is 5.73. The van der Waals surface area contributed by atoms with Gasteiger partial charge in [-0.1, -0.05) is 12.1 Å². The number of hydrogen-bond donors (Lipinski definition) is 2. The molecule has 1 aromatic rings. The Kier molecular flexibility index (Phi) is 13.4. The number of benzene rings is 1. The normalized spacial score (nSPS) is 21.6. The summed E-state index contributed by atoms with van der Waals surface area (Å²) in [7, 11) is 4.12. The van der Waals surface area contributed by atoms with Crippen molar-refractivity contribution in [3.63, 3.8) is 0 Å². The van der Waals surface area contributed by atoms with E-state index in [1.54, 1.807) is 12.1 Å². The van der Waals surface area contributed by atoms with Crippen molar-refractivity contribution in [2.24, 2.45) is 5.92 Å². The second-order valence-corrected chi connectivity index (χ2v) is 8.82. The molecule has 0 spiro atoms.